The van der Waals surface area contributed by atoms with Gasteiger partial charge in [0.2, 0.25) is 0 Å². The smallest absolute Gasteiger partial charge is 0.326 e. The van der Waals surface area contributed by atoms with Crippen molar-refractivity contribution in [2.45, 2.75) is 39.8 Å². The van der Waals surface area contributed by atoms with Gasteiger partial charge in [-0.1, -0.05) is 0 Å². The number of pyridine rings is 1. The molecule has 4 aromatic rings. The number of nitrogens with zero attached hydrogens (tertiary/aromatic N) is 2. The number of aromatic nitrogens is 4. The molecule has 0 aliphatic carbocycles. The number of hydrogen-bond donors (Lipinski definition) is 3. The van der Waals surface area contributed by atoms with E-state index in [9.17, 15) is 14.7 Å². The van der Waals surface area contributed by atoms with Crippen LogP contribution in [0.25, 0.3) is 22.4 Å². The lowest BCUT2D eigenvalue weighted by molar-refractivity contribution is -0.377. The van der Waals surface area contributed by atoms with Crippen molar-refractivity contribution in [2.75, 3.05) is 0 Å². The van der Waals surface area contributed by atoms with Gasteiger partial charge in [0.15, 0.2) is 12.4 Å². The molecule has 0 bridgehead atoms. The second kappa shape index (κ2) is 11.1. The average molecular weight is 478 g/mol. The summed E-state index contributed by atoms with van der Waals surface area (Å²) in [6.07, 6.45) is 3.91. The molecule has 35 heavy (non-hydrogen) atoms. The number of aryl methyl sites for hydroxylation is 2. The number of hydrogen-bond acceptors (Lipinski definition) is 5. The number of carboxylic acids is 2. The van der Waals surface area contributed by atoms with Gasteiger partial charge in [-0.2, -0.15) is 0 Å². The Morgan fingerprint density at radius 3 is 2.34 bits per heavy atom. The molecule has 182 valence electrons. The van der Waals surface area contributed by atoms with Crippen molar-refractivity contribution in [1.29, 1.82) is 0 Å². The number of amides is 1. The van der Waals surface area contributed by atoms with E-state index in [0.717, 1.165) is 29.4 Å². The predicted molar refractivity (Wildman–Crippen MR) is 126 cm³/mol. The van der Waals surface area contributed by atoms with Gasteiger partial charge in [-0.25, -0.2) is 14.8 Å². The molecule has 0 unspecified atom stereocenters. The third-order valence-corrected chi connectivity index (χ3v) is 5.40. The fourth-order valence-electron chi connectivity index (χ4n) is 3.64. The van der Waals surface area contributed by atoms with Gasteiger partial charge in [0.25, 0.3) is 5.91 Å². The Morgan fingerprint density at radius 2 is 1.74 bits per heavy atom. The second-order valence-corrected chi connectivity index (χ2v) is 8.02. The number of carbonyl (C=O) groups excluding carboxylic acids is 2. The lowest BCUT2D eigenvalue weighted by Gasteiger charge is -2.16. The summed E-state index contributed by atoms with van der Waals surface area (Å²) in [4.78, 5) is 44.1. The number of carbonyl (C=O) groups is 3. The van der Waals surface area contributed by atoms with Crippen LogP contribution in [0.4, 0.5) is 0 Å². The van der Waals surface area contributed by atoms with Crippen LogP contribution >= 0.6 is 0 Å². The van der Waals surface area contributed by atoms with Gasteiger partial charge in [-0.3, -0.25) is 4.79 Å². The Balaban J connectivity index is 0.000000795. The first-order chi connectivity index (χ1) is 16.7. The first-order valence-corrected chi connectivity index (χ1v) is 11.0. The van der Waals surface area contributed by atoms with Crippen LogP contribution in [0.1, 0.15) is 35.1 Å². The van der Waals surface area contributed by atoms with Crippen molar-refractivity contribution < 1.29 is 29.6 Å². The molecule has 3 aromatic heterocycles. The van der Waals surface area contributed by atoms with Crippen LogP contribution in [0.2, 0.25) is 0 Å². The zero-order chi connectivity index (χ0) is 25.5. The van der Waals surface area contributed by atoms with E-state index in [0.29, 0.717) is 29.9 Å². The van der Waals surface area contributed by atoms with E-state index < -0.39 is 23.9 Å². The van der Waals surface area contributed by atoms with Gasteiger partial charge in [0.05, 0.1) is 11.0 Å². The summed E-state index contributed by atoms with van der Waals surface area (Å²) in [6.45, 7) is 5.44. The highest BCUT2D eigenvalue weighted by molar-refractivity contribution is 5.99. The number of carboxylic acid groups (broad SMARTS) is 2. The minimum Gasteiger partial charge on any atom is -0.550 e. The summed E-state index contributed by atoms with van der Waals surface area (Å²) in [6, 6.07) is 11.9. The Bertz CT molecular complexity index is 1320. The number of benzene rings is 1. The number of H-pyrrole nitrogens is 2. The number of aliphatic carboxylic acids is 2. The van der Waals surface area contributed by atoms with Crippen LogP contribution in [0.5, 0.6) is 0 Å². The van der Waals surface area contributed by atoms with E-state index in [1.54, 1.807) is 18.2 Å². The van der Waals surface area contributed by atoms with E-state index >= 15 is 0 Å². The Kier molecular flexibility index (Phi) is 7.98. The van der Waals surface area contributed by atoms with Crippen LogP contribution in [-0.2, 0) is 16.1 Å². The zero-order valence-corrected chi connectivity index (χ0v) is 19.7. The third kappa shape index (κ3) is 6.53. The van der Waals surface area contributed by atoms with E-state index in [1.807, 2.05) is 55.1 Å². The molecule has 0 fully saturated rings. The number of aromatic amines is 2. The van der Waals surface area contributed by atoms with Gasteiger partial charge in [-0.15, -0.1) is 0 Å². The summed E-state index contributed by atoms with van der Waals surface area (Å²) in [5.41, 5.74) is 4.86. The molecule has 0 aliphatic heterocycles. The molecular formula is C25H27N5O5. The highest BCUT2D eigenvalue weighted by atomic mass is 16.4. The van der Waals surface area contributed by atoms with Crippen LogP contribution < -0.4 is 15.4 Å². The minimum absolute atomic E-state index is 0.291. The normalized spacial score (nSPS) is 11.4. The molecule has 10 heteroatoms. The first kappa shape index (κ1) is 25.2. The quantitative estimate of drug-likeness (QED) is 0.366. The topological polar surface area (TPSA) is 154 Å². The molecule has 1 atom stereocenters. The van der Waals surface area contributed by atoms with Crippen molar-refractivity contribution in [1.82, 2.24) is 19.9 Å². The molecule has 4 rings (SSSR count). The van der Waals surface area contributed by atoms with E-state index in [-0.39, 0.29) is 0 Å². The predicted octanol–water partition coefficient (Wildman–Crippen LogP) is 1.49. The molecule has 0 spiro atoms. The molecule has 0 saturated heterocycles. The van der Waals surface area contributed by atoms with E-state index in [1.165, 1.54) is 0 Å². The third-order valence-electron chi connectivity index (χ3n) is 5.40. The zero-order valence-electron chi connectivity index (χ0n) is 19.7. The van der Waals surface area contributed by atoms with Crippen LogP contribution in [-0.4, -0.2) is 43.5 Å². The maximum absolute atomic E-state index is 12.8. The molecular weight excluding hydrogens is 450 g/mol. The molecule has 1 aromatic carbocycles. The SMILES string of the molecule is CC(=O)[O-].Cc1ccc(C)n1CC[C@H](NC(=O)c1ccc2nc(-c3cc[nH+]cc3)[nH]c2c1)C(=O)O. The van der Waals surface area contributed by atoms with Crippen LogP contribution in [0.3, 0.4) is 0 Å². The molecule has 1 amide bonds. The van der Waals surface area contributed by atoms with Gasteiger partial charge in [-0.05, 0) is 57.5 Å². The Labute approximate surface area is 201 Å². The van der Waals surface area contributed by atoms with Crippen LogP contribution in [0.15, 0.2) is 54.9 Å². The largest absolute Gasteiger partial charge is 0.550 e. The maximum atomic E-state index is 12.8. The van der Waals surface area contributed by atoms with Gasteiger partial charge in [0, 0.05) is 47.2 Å². The summed E-state index contributed by atoms with van der Waals surface area (Å²) in [7, 11) is 0. The molecule has 3 heterocycles. The fourth-order valence-corrected chi connectivity index (χ4v) is 3.64. The molecule has 0 saturated carbocycles. The summed E-state index contributed by atoms with van der Waals surface area (Å²) >= 11 is 0. The first-order valence-electron chi connectivity index (χ1n) is 11.0. The fraction of sp³-hybridized carbons (Fsp3) is 0.240. The second-order valence-electron chi connectivity index (χ2n) is 8.02. The molecule has 0 aliphatic rings. The van der Waals surface area contributed by atoms with E-state index in [4.69, 9.17) is 9.90 Å². The Morgan fingerprint density at radius 1 is 1.11 bits per heavy atom. The van der Waals surface area contributed by atoms with E-state index in [2.05, 4.69) is 20.3 Å². The van der Waals surface area contributed by atoms with Crippen LogP contribution in [0, 0.1) is 13.8 Å². The molecule has 4 N–H and O–H groups in total. The number of fused-ring (bicyclic) bond motifs is 1. The monoisotopic (exact) mass is 477 g/mol. The van der Waals surface area contributed by atoms with Gasteiger partial charge < -0.3 is 29.9 Å². The van der Waals surface area contributed by atoms with Gasteiger partial charge >= 0.3 is 5.97 Å². The van der Waals surface area contributed by atoms with Crippen molar-refractivity contribution in [2.24, 2.45) is 0 Å². The summed E-state index contributed by atoms with van der Waals surface area (Å²) < 4.78 is 2.04. The maximum Gasteiger partial charge on any atom is 0.326 e. The number of rotatable bonds is 7. The summed E-state index contributed by atoms with van der Waals surface area (Å²) in [5, 5.41) is 21.1. The van der Waals surface area contributed by atoms with Gasteiger partial charge in [0.1, 0.15) is 11.9 Å². The number of imidazole rings is 1. The van der Waals surface area contributed by atoms with Crippen molar-refractivity contribution in [3.8, 4) is 11.4 Å². The van der Waals surface area contributed by atoms with Crippen molar-refractivity contribution in [3.63, 3.8) is 0 Å². The lowest BCUT2D eigenvalue weighted by atomic mass is 10.1. The minimum atomic E-state index is -1.08. The highest BCUT2D eigenvalue weighted by Gasteiger charge is 2.21. The molecule has 10 nitrogen and oxygen atoms in total. The highest BCUT2D eigenvalue weighted by Crippen LogP contribution is 2.20. The molecule has 0 radical (unpaired) electrons. The summed E-state index contributed by atoms with van der Waals surface area (Å²) in [5.74, 6) is -1.87. The standard InChI is InChI=1S/C23H23N5O3.C2H4O2/c1-14-3-4-15(2)28(14)12-9-19(23(30)31)27-22(29)17-5-6-18-20(13-17)26-21(25-18)16-7-10-24-11-8-16;1-2(3)4/h3-8,10-11,13,19H,9,12H2,1-2H3,(H,25,26)(H,27,29)(H,30,31);1H3,(H,3,4)/t19-;/m0./s1. The lowest BCUT2D eigenvalue weighted by Crippen LogP contribution is -2.41. The van der Waals surface area contributed by atoms with Crippen molar-refractivity contribution in [3.05, 3.63) is 71.8 Å². The Hall–Kier alpha value is -4.47. The van der Waals surface area contributed by atoms with Crippen molar-refractivity contribution >= 4 is 28.9 Å². The average Bonchev–Trinajstić information content (AvgIpc) is 3.39. The number of nitrogens with one attached hydrogen (secondary N) is 3.